The lowest BCUT2D eigenvalue weighted by Crippen LogP contribution is -2.34. The van der Waals surface area contributed by atoms with E-state index in [4.69, 9.17) is 5.73 Å². The van der Waals surface area contributed by atoms with Crippen LogP contribution in [-0.4, -0.2) is 13.1 Å². The van der Waals surface area contributed by atoms with E-state index in [0.717, 1.165) is 30.3 Å². The molecule has 2 nitrogen and oxygen atoms in total. The summed E-state index contributed by atoms with van der Waals surface area (Å²) in [7, 11) is 0. The minimum atomic E-state index is -0.135. The Morgan fingerprint density at radius 2 is 2.05 bits per heavy atom. The van der Waals surface area contributed by atoms with Crippen molar-refractivity contribution >= 4 is 5.69 Å². The SMILES string of the molecule is CCCC1CCN(c2ccc([C@H](C)N)cc2F)CC1. The smallest absolute Gasteiger partial charge is 0.146 e. The van der Waals surface area contributed by atoms with Gasteiger partial charge in [-0.2, -0.15) is 0 Å². The number of hydrogen-bond donors (Lipinski definition) is 1. The number of nitrogens with two attached hydrogens (primary N) is 1. The summed E-state index contributed by atoms with van der Waals surface area (Å²) in [6.45, 7) is 6.06. The largest absolute Gasteiger partial charge is 0.369 e. The van der Waals surface area contributed by atoms with E-state index in [-0.39, 0.29) is 11.9 Å². The second-order valence-electron chi connectivity index (χ2n) is 5.72. The maximum atomic E-state index is 14.1. The average molecular weight is 264 g/mol. The number of nitrogens with zero attached hydrogens (tertiary/aromatic N) is 1. The van der Waals surface area contributed by atoms with Crippen LogP contribution < -0.4 is 10.6 Å². The molecule has 2 N–H and O–H groups in total. The lowest BCUT2D eigenvalue weighted by Gasteiger charge is -2.34. The normalized spacial score (nSPS) is 18.6. The lowest BCUT2D eigenvalue weighted by atomic mass is 9.92. The summed E-state index contributed by atoms with van der Waals surface area (Å²) in [4.78, 5) is 2.17. The maximum Gasteiger partial charge on any atom is 0.146 e. The van der Waals surface area contributed by atoms with Gasteiger partial charge >= 0.3 is 0 Å². The molecule has 0 amide bonds. The van der Waals surface area contributed by atoms with Crippen LogP contribution in [-0.2, 0) is 0 Å². The van der Waals surface area contributed by atoms with Crippen molar-refractivity contribution in [3.63, 3.8) is 0 Å². The first-order chi connectivity index (χ1) is 9.11. The van der Waals surface area contributed by atoms with Crippen molar-refractivity contribution in [3.8, 4) is 0 Å². The zero-order valence-electron chi connectivity index (χ0n) is 12.0. The van der Waals surface area contributed by atoms with Gasteiger partial charge in [-0.25, -0.2) is 4.39 Å². The molecule has 19 heavy (non-hydrogen) atoms. The average Bonchev–Trinajstić information content (AvgIpc) is 2.40. The molecule has 3 heteroatoms. The molecule has 2 rings (SSSR count). The highest BCUT2D eigenvalue weighted by atomic mass is 19.1. The van der Waals surface area contributed by atoms with Crippen LogP contribution in [0.2, 0.25) is 0 Å². The molecule has 1 saturated heterocycles. The number of benzene rings is 1. The van der Waals surface area contributed by atoms with Gasteiger partial charge in [-0.1, -0.05) is 25.8 Å². The van der Waals surface area contributed by atoms with Gasteiger partial charge in [0.2, 0.25) is 0 Å². The molecule has 1 aliphatic rings. The highest BCUT2D eigenvalue weighted by Gasteiger charge is 2.20. The van der Waals surface area contributed by atoms with Crippen LogP contribution in [0.4, 0.5) is 10.1 Å². The molecule has 1 fully saturated rings. The van der Waals surface area contributed by atoms with Crippen molar-refractivity contribution in [1.29, 1.82) is 0 Å². The first-order valence-electron chi connectivity index (χ1n) is 7.41. The molecule has 0 saturated carbocycles. The van der Waals surface area contributed by atoms with E-state index in [1.165, 1.54) is 25.7 Å². The minimum Gasteiger partial charge on any atom is -0.369 e. The summed E-state index contributed by atoms with van der Waals surface area (Å²) < 4.78 is 14.1. The summed E-state index contributed by atoms with van der Waals surface area (Å²) in [6.07, 6.45) is 4.92. The molecule has 1 aromatic carbocycles. The first kappa shape index (κ1) is 14.3. The Morgan fingerprint density at radius 1 is 1.37 bits per heavy atom. The van der Waals surface area contributed by atoms with Crippen molar-refractivity contribution in [3.05, 3.63) is 29.6 Å². The lowest BCUT2D eigenvalue weighted by molar-refractivity contribution is 0.376. The van der Waals surface area contributed by atoms with Crippen molar-refractivity contribution < 1.29 is 4.39 Å². The van der Waals surface area contributed by atoms with E-state index in [1.54, 1.807) is 6.07 Å². The maximum absolute atomic E-state index is 14.1. The quantitative estimate of drug-likeness (QED) is 0.894. The molecule has 1 heterocycles. The summed E-state index contributed by atoms with van der Waals surface area (Å²) in [6, 6.07) is 5.30. The standard InChI is InChI=1S/C16H25FN2/c1-3-4-13-7-9-19(10-8-13)16-6-5-14(12(2)18)11-15(16)17/h5-6,11-13H,3-4,7-10,18H2,1-2H3/t12-/m0/s1. The molecule has 0 radical (unpaired) electrons. The van der Waals surface area contributed by atoms with Gasteiger partial charge < -0.3 is 10.6 Å². The first-order valence-corrected chi connectivity index (χ1v) is 7.41. The minimum absolute atomic E-state index is 0.112. The number of anilines is 1. The Balaban J connectivity index is 2.03. The fourth-order valence-electron chi connectivity index (χ4n) is 2.93. The van der Waals surface area contributed by atoms with Gasteiger partial charge in [0.1, 0.15) is 5.82 Å². The molecule has 0 unspecified atom stereocenters. The van der Waals surface area contributed by atoms with Crippen LogP contribution in [0, 0.1) is 11.7 Å². The zero-order valence-corrected chi connectivity index (χ0v) is 12.0. The van der Waals surface area contributed by atoms with Gasteiger partial charge in [-0.15, -0.1) is 0 Å². The van der Waals surface area contributed by atoms with E-state index >= 15 is 0 Å². The van der Waals surface area contributed by atoms with E-state index in [0.29, 0.717) is 0 Å². The molecule has 0 aliphatic carbocycles. The second kappa shape index (κ2) is 6.38. The van der Waals surface area contributed by atoms with E-state index < -0.39 is 0 Å². The molecule has 1 aromatic rings. The molecule has 0 spiro atoms. The predicted octanol–water partition coefficient (Wildman–Crippen LogP) is 3.86. The third-order valence-corrected chi connectivity index (χ3v) is 4.15. The molecular formula is C16H25FN2. The topological polar surface area (TPSA) is 29.3 Å². The predicted molar refractivity (Wildman–Crippen MR) is 78.8 cm³/mol. The summed E-state index contributed by atoms with van der Waals surface area (Å²) >= 11 is 0. The number of halogens is 1. The molecule has 1 aliphatic heterocycles. The fourth-order valence-corrected chi connectivity index (χ4v) is 2.93. The Bertz CT molecular complexity index is 409. The van der Waals surface area contributed by atoms with Crippen molar-refractivity contribution in [1.82, 2.24) is 0 Å². The van der Waals surface area contributed by atoms with Crippen LogP contribution in [0.3, 0.4) is 0 Å². The van der Waals surface area contributed by atoms with Crippen LogP contribution in [0.15, 0.2) is 18.2 Å². The highest BCUT2D eigenvalue weighted by Crippen LogP contribution is 2.28. The fraction of sp³-hybridized carbons (Fsp3) is 0.625. The number of hydrogen-bond acceptors (Lipinski definition) is 2. The molecular weight excluding hydrogens is 239 g/mol. The Morgan fingerprint density at radius 3 is 2.58 bits per heavy atom. The Labute approximate surface area is 115 Å². The number of rotatable bonds is 4. The monoisotopic (exact) mass is 264 g/mol. The highest BCUT2D eigenvalue weighted by molar-refractivity contribution is 5.49. The van der Waals surface area contributed by atoms with Gasteiger partial charge in [0.25, 0.3) is 0 Å². The van der Waals surface area contributed by atoms with Crippen LogP contribution in [0.25, 0.3) is 0 Å². The van der Waals surface area contributed by atoms with Gasteiger partial charge in [0.05, 0.1) is 5.69 Å². The van der Waals surface area contributed by atoms with Gasteiger partial charge in [-0.05, 0) is 43.4 Å². The van der Waals surface area contributed by atoms with Gasteiger partial charge in [-0.3, -0.25) is 0 Å². The van der Waals surface area contributed by atoms with Gasteiger partial charge in [0.15, 0.2) is 0 Å². The summed E-state index contributed by atoms with van der Waals surface area (Å²) in [5.41, 5.74) is 7.38. The van der Waals surface area contributed by atoms with Crippen molar-refractivity contribution in [2.75, 3.05) is 18.0 Å². The Kier molecular flexibility index (Phi) is 4.81. The van der Waals surface area contributed by atoms with Crippen molar-refractivity contribution in [2.45, 2.75) is 45.6 Å². The zero-order chi connectivity index (χ0) is 13.8. The summed E-state index contributed by atoms with van der Waals surface area (Å²) in [5, 5.41) is 0. The molecule has 106 valence electrons. The van der Waals surface area contributed by atoms with E-state index in [9.17, 15) is 4.39 Å². The van der Waals surface area contributed by atoms with E-state index in [2.05, 4.69) is 11.8 Å². The Hall–Kier alpha value is -1.09. The molecule has 0 bridgehead atoms. The molecule has 0 aromatic heterocycles. The van der Waals surface area contributed by atoms with Gasteiger partial charge in [0, 0.05) is 19.1 Å². The number of piperidine rings is 1. The van der Waals surface area contributed by atoms with Crippen LogP contribution >= 0.6 is 0 Å². The third-order valence-electron chi connectivity index (χ3n) is 4.15. The van der Waals surface area contributed by atoms with E-state index in [1.807, 2.05) is 19.1 Å². The summed E-state index contributed by atoms with van der Waals surface area (Å²) in [5.74, 6) is 0.691. The third kappa shape index (κ3) is 3.47. The van der Waals surface area contributed by atoms with Crippen LogP contribution in [0.5, 0.6) is 0 Å². The van der Waals surface area contributed by atoms with Crippen molar-refractivity contribution in [2.24, 2.45) is 11.7 Å². The van der Waals surface area contributed by atoms with Crippen LogP contribution in [0.1, 0.15) is 51.1 Å². The molecule has 1 atom stereocenters. The second-order valence-corrected chi connectivity index (χ2v) is 5.72.